The molecule has 0 bridgehead atoms. The topological polar surface area (TPSA) is 48.3 Å². The second-order valence-electron chi connectivity index (χ2n) is 5.61. The number of esters is 1. The number of nitrogens with zero attached hydrogens (tertiary/aromatic N) is 1. The number of carbonyl (C=O) groups excluding carboxylic acids is 1. The Labute approximate surface area is 133 Å². The molecule has 3 rings (SSSR count). The molecule has 0 spiro atoms. The lowest BCUT2D eigenvalue weighted by Crippen LogP contribution is -2.26. The molecule has 1 aromatic carbocycles. The Morgan fingerprint density at radius 2 is 2.04 bits per heavy atom. The molecule has 0 N–H and O–H groups in total. The summed E-state index contributed by atoms with van der Waals surface area (Å²) in [6.07, 6.45) is 1.92. The fourth-order valence-corrected chi connectivity index (χ4v) is 3.01. The highest BCUT2D eigenvalue weighted by Crippen LogP contribution is 2.20. The van der Waals surface area contributed by atoms with Gasteiger partial charge in [0.15, 0.2) is 0 Å². The zero-order chi connectivity index (χ0) is 16.4. The monoisotopic (exact) mass is 315 g/mol. The van der Waals surface area contributed by atoms with Gasteiger partial charge in [-0.05, 0) is 43.5 Å². The summed E-state index contributed by atoms with van der Waals surface area (Å²) in [6.45, 7) is 2.68. The van der Waals surface area contributed by atoms with Crippen molar-refractivity contribution in [2.24, 2.45) is 0 Å². The van der Waals surface area contributed by atoms with Gasteiger partial charge in [0.05, 0.1) is 12.2 Å². The largest absolute Gasteiger partial charge is 0.462 e. The first-order valence-corrected chi connectivity index (χ1v) is 7.77. The molecule has 5 heteroatoms. The van der Waals surface area contributed by atoms with Gasteiger partial charge in [0.1, 0.15) is 5.82 Å². The molecule has 4 nitrogen and oxygen atoms in total. The summed E-state index contributed by atoms with van der Waals surface area (Å²) in [4.78, 5) is 24.8. The molecule has 0 unspecified atom stereocenters. The molecule has 23 heavy (non-hydrogen) atoms. The third kappa shape index (κ3) is 3.04. The van der Waals surface area contributed by atoms with Crippen molar-refractivity contribution in [2.75, 3.05) is 6.61 Å². The van der Waals surface area contributed by atoms with Crippen molar-refractivity contribution in [3.8, 4) is 0 Å². The van der Waals surface area contributed by atoms with Crippen LogP contribution in [-0.4, -0.2) is 17.1 Å². The van der Waals surface area contributed by atoms with E-state index in [0.717, 1.165) is 17.7 Å². The van der Waals surface area contributed by atoms with E-state index in [0.29, 0.717) is 37.1 Å². The van der Waals surface area contributed by atoms with Crippen LogP contribution >= 0.6 is 0 Å². The quantitative estimate of drug-likeness (QED) is 0.815. The third-order valence-corrected chi connectivity index (χ3v) is 4.07. The molecule has 0 saturated carbocycles. The van der Waals surface area contributed by atoms with E-state index in [1.165, 1.54) is 12.1 Å². The minimum absolute atomic E-state index is 0.0742. The Morgan fingerprint density at radius 3 is 2.74 bits per heavy atom. The van der Waals surface area contributed by atoms with Crippen molar-refractivity contribution >= 4 is 5.97 Å². The summed E-state index contributed by atoms with van der Waals surface area (Å²) in [5, 5.41) is 0. The maximum Gasteiger partial charge on any atom is 0.339 e. The fourth-order valence-electron chi connectivity index (χ4n) is 3.01. The number of fused-ring (bicyclic) bond motifs is 1. The van der Waals surface area contributed by atoms with E-state index in [-0.39, 0.29) is 11.4 Å². The van der Waals surface area contributed by atoms with Crippen molar-refractivity contribution in [1.29, 1.82) is 0 Å². The van der Waals surface area contributed by atoms with Crippen LogP contribution < -0.4 is 5.56 Å². The molecular weight excluding hydrogens is 297 g/mol. The van der Waals surface area contributed by atoms with E-state index in [1.54, 1.807) is 29.7 Å². The maximum absolute atomic E-state index is 13.0. The van der Waals surface area contributed by atoms with Gasteiger partial charge in [-0.2, -0.15) is 0 Å². The minimum atomic E-state index is -0.390. The van der Waals surface area contributed by atoms with Crippen molar-refractivity contribution in [3.63, 3.8) is 0 Å². The number of aromatic nitrogens is 1. The van der Waals surface area contributed by atoms with Crippen LogP contribution in [0.3, 0.4) is 0 Å². The second-order valence-corrected chi connectivity index (χ2v) is 5.61. The summed E-state index contributed by atoms with van der Waals surface area (Å²) in [6, 6.07) is 7.67. The van der Waals surface area contributed by atoms with Gasteiger partial charge in [0.25, 0.3) is 5.56 Å². The highest BCUT2D eigenvalue weighted by molar-refractivity contribution is 5.91. The molecule has 1 aliphatic rings. The van der Waals surface area contributed by atoms with Gasteiger partial charge in [0, 0.05) is 24.2 Å². The van der Waals surface area contributed by atoms with Gasteiger partial charge >= 0.3 is 5.97 Å². The molecule has 0 fully saturated rings. The SMILES string of the molecule is CCOC(=O)c1cc(Cc2ccc(F)cc2)c(=O)n2c1CCC2. The molecule has 2 heterocycles. The summed E-state index contributed by atoms with van der Waals surface area (Å²) >= 11 is 0. The van der Waals surface area contributed by atoms with Crippen LogP contribution in [-0.2, 0) is 24.1 Å². The van der Waals surface area contributed by atoms with Gasteiger partial charge in [0.2, 0.25) is 0 Å². The number of benzene rings is 1. The lowest BCUT2D eigenvalue weighted by atomic mass is 10.0. The Bertz CT molecular complexity index is 793. The molecule has 120 valence electrons. The lowest BCUT2D eigenvalue weighted by molar-refractivity contribution is 0.0524. The zero-order valence-electron chi connectivity index (χ0n) is 13.0. The Morgan fingerprint density at radius 1 is 1.30 bits per heavy atom. The van der Waals surface area contributed by atoms with Gasteiger partial charge in [-0.15, -0.1) is 0 Å². The Balaban J connectivity index is 2.03. The summed E-state index contributed by atoms with van der Waals surface area (Å²) in [7, 11) is 0. The van der Waals surface area contributed by atoms with E-state index in [2.05, 4.69) is 0 Å². The smallest absolute Gasteiger partial charge is 0.339 e. The average Bonchev–Trinajstić information content (AvgIpc) is 3.02. The fraction of sp³-hybridized carbons (Fsp3) is 0.333. The van der Waals surface area contributed by atoms with Crippen LogP contribution in [0, 0.1) is 5.82 Å². The predicted octanol–water partition coefficient (Wildman–Crippen LogP) is 2.70. The molecule has 0 amide bonds. The number of ether oxygens (including phenoxy) is 1. The highest BCUT2D eigenvalue weighted by Gasteiger charge is 2.23. The van der Waals surface area contributed by atoms with E-state index < -0.39 is 5.97 Å². The van der Waals surface area contributed by atoms with Gasteiger partial charge < -0.3 is 9.30 Å². The van der Waals surface area contributed by atoms with Crippen molar-refractivity contribution in [2.45, 2.75) is 32.7 Å². The van der Waals surface area contributed by atoms with E-state index in [4.69, 9.17) is 4.74 Å². The number of hydrogen-bond donors (Lipinski definition) is 0. The van der Waals surface area contributed by atoms with E-state index in [1.807, 2.05) is 0 Å². The average molecular weight is 315 g/mol. The van der Waals surface area contributed by atoms with Crippen LogP contribution in [0.15, 0.2) is 35.1 Å². The van der Waals surface area contributed by atoms with Crippen molar-refractivity contribution in [1.82, 2.24) is 4.57 Å². The zero-order valence-corrected chi connectivity index (χ0v) is 13.0. The molecule has 1 aromatic heterocycles. The maximum atomic E-state index is 13.0. The first kappa shape index (κ1) is 15.5. The number of rotatable bonds is 4. The molecule has 0 aliphatic carbocycles. The summed E-state index contributed by atoms with van der Waals surface area (Å²) < 4.78 is 19.8. The summed E-state index contributed by atoms with van der Waals surface area (Å²) in [5.74, 6) is -0.704. The predicted molar refractivity (Wildman–Crippen MR) is 84.2 cm³/mol. The molecule has 0 atom stereocenters. The minimum Gasteiger partial charge on any atom is -0.462 e. The van der Waals surface area contributed by atoms with E-state index >= 15 is 0 Å². The molecule has 0 saturated heterocycles. The summed E-state index contributed by atoms with van der Waals surface area (Å²) in [5.41, 5.74) is 2.52. The standard InChI is InChI=1S/C18H18FNO3/c1-2-23-18(22)15-11-13(10-12-5-7-14(19)8-6-12)17(21)20-9-3-4-16(15)20/h5-8,11H,2-4,9-10H2,1H3. The third-order valence-electron chi connectivity index (χ3n) is 4.07. The lowest BCUT2D eigenvalue weighted by Gasteiger charge is -2.12. The number of hydrogen-bond acceptors (Lipinski definition) is 3. The highest BCUT2D eigenvalue weighted by atomic mass is 19.1. The molecular formula is C18H18FNO3. The number of halogens is 1. The Kier molecular flexibility index (Phi) is 4.28. The van der Waals surface area contributed by atoms with E-state index in [9.17, 15) is 14.0 Å². The van der Waals surface area contributed by atoms with Crippen LogP contribution in [0.1, 0.15) is 40.5 Å². The van der Waals surface area contributed by atoms with Crippen molar-refractivity contribution < 1.29 is 13.9 Å². The molecule has 2 aromatic rings. The van der Waals surface area contributed by atoms with Gasteiger partial charge in [-0.25, -0.2) is 9.18 Å². The first-order valence-electron chi connectivity index (χ1n) is 7.77. The molecule has 0 radical (unpaired) electrons. The van der Waals surface area contributed by atoms with Crippen LogP contribution in [0.25, 0.3) is 0 Å². The van der Waals surface area contributed by atoms with Gasteiger partial charge in [-0.1, -0.05) is 12.1 Å². The Hall–Kier alpha value is -2.43. The first-order chi connectivity index (χ1) is 11.1. The van der Waals surface area contributed by atoms with Crippen LogP contribution in [0.4, 0.5) is 4.39 Å². The van der Waals surface area contributed by atoms with Crippen molar-refractivity contribution in [3.05, 3.63) is 68.9 Å². The van der Waals surface area contributed by atoms with Gasteiger partial charge in [-0.3, -0.25) is 4.79 Å². The van der Waals surface area contributed by atoms with Crippen LogP contribution in [0.2, 0.25) is 0 Å². The molecule has 1 aliphatic heterocycles. The number of pyridine rings is 1. The number of carbonyl (C=O) groups is 1. The second kappa shape index (κ2) is 6.36. The normalized spacial score (nSPS) is 13.0. The van der Waals surface area contributed by atoms with Crippen LogP contribution in [0.5, 0.6) is 0 Å².